The minimum absolute atomic E-state index is 0.0481. The van der Waals surface area contributed by atoms with Crippen LogP contribution in [0.5, 0.6) is 0 Å². The lowest BCUT2D eigenvalue weighted by Gasteiger charge is -2.32. The summed E-state index contributed by atoms with van der Waals surface area (Å²) in [4.78, 5) is 0. The Hall–Kier alpha value is -1.41. The molecule has 2 aromatic carbocycles. The first-order chi connectivity index (χ1) is 15.0. The van der Waals surface area contributed by atoms with E-state index in [2.05, 4.69) is 6.92 Å². The molecule has 2 saturated carbocycles. The Kier molecular flexibility index (Phi) is 7.69. The molecule has 0 nitrogen and oxygen atoms in total. The van der Waals surface area contributed by atoms with Crippen molar-refractivity contribution < 1.29 is 8.78 Å². The Bertz CT molecular complexity index is 821. The first-order valence-corrected chi connectivity index (χ1v) is 12.7. The van der Waals surface area contributed by atoms with Crippen molar-refractivity contribution in [3.8, 4) is 11.1 Å². The Morgan fingerprint density at radius 3 is 1.74 bits per heavy atom. The van der Waals surface area contributed by atoms with Crippen LogP contribution in [0.1, 0.15) is 89.0 Å². The maximum Gasteiger partial charge on any atom is 0.134 e. The first kappa shape index (κ1) is 22.8. The highest BCUT2D eigenvalue weighted by molar-refractivity contribution is 6.30. The fourth-order valence-corrected chi connectivity index (χ4v) is 6.03. The van der Waals surface area contributed by atoms with Crippen LogP contribution in [0, 0.1) is 29.4 Å². The second kappa shape index (κ2) is 10.5. The summed E-state index contributed by atoms with van der Waals surface area (Å²) in [7, 11) is 0. The molecule has 0 atom stereocenters. The number of benzene rings is 2. The van der Waals surface area contributed by atoms with Gasteiger partial charge in [-0.1, -0.05) is 75.6 Å². The maximum atomic E-state index is 14.8. The molecule has 0 N–H and O–H groups in total. The highest BCUT2D eigenvalue weighted by Gasteiger charge is 2.26. The van der Waals surface area contributed by atoms with Crippen molar-refractivity contribution in [1.82, 2.24) is 0 Å². The zero-order valence-electron chi connectivity index (χ0n) is 18.7. The molecule has 2 aromatic rings. The normalized spacial score (nSPS) is 26.7. The minimum atomic E-state index is -0.470. The molecule has 0 aromatic heterocycles. The fourth-order valence-electron chi connectivity index (χ4n) is 5.91. The Balaban J connectivity index is 1.31. The van der Waals surface area contributed by atoms with Gasteiger partial charge >= 0.3 is 0 Å². The van der Waals surface area contributed by atoms with Crippen LogP contribution in [0.4, 0.5) is 8.78 Å². The molecule has 0 saturated heterocycles. The minimum Gasteiger partial charge on any atom is -0.206 e. The Morgan fingerprint density at radius 2 is 1.23 bits per heavy atom. The fraction of sp³-hybridized carbons (Fsp3) is 0.571. The quantitative estimate of drug-likeness (QED) is 0.416. The molecule has 2 aliphatic carbocycles. The monoisotopic (exact) mass is 444 g/mol. The van der Waals surface area contributed by atoms with Gasteiger partial charge in [0.1, 0.15) is 11.6 Å². The van der Waals surface area contributed by atoms with Gasteiger partial charge in [0.15, 0.2) is 0 Å². The van der Waals surface area contributed by atoms with Gasteiger partial charge in [-0.05, 0) is 84.7 Å². The SMILES string of the molecule is CC[C@H]1CC[C@H](CCC2CCC(c3cc(F)c(-c4ccc(Cl)cc4)c(F)c3)CC2)CC1. The molecule has 0 spiro atoms. The average molecular weight is 445 g/mol. The van der Waals surface area contributed by atoms with Crippen molar-refractivity contribution in [2.75, 3.05) is 0 Å². The third-order valence-corrected chi connectivity index (χ3v) is 8.29. The summed E-state index contributed by atoms with van der Waals surface area (Å²) in [5.41, 5.74) is 1.40. The molecular weight excluding hydrogens is 410 g/mol. The Labute approximate surface area is 191 Å². The van der Waals surface area contributed by atoms with E-state index in [9.17, 15) is 8.78 Å². The molecule has 0 bridgehead atoms. The molecule has 0 amide bonds. The predicted molar refractivity (Wildman–Crippen MR) is 126 cm³/mol. The number of hydrogen-bond donors (Lipinski definition) is 0. The van der Waals surface area contributed by atoms with Gasteiger partial charge in [-0.25, -0.2) is 8.78 Å². The van der Waals surface area contributed by atoms with Crippen molar-refractivity contribution in [3.05, 3.63) is 58.6 Å². The number of hydrogen-bond acceptors (Lipinski definition) is 0. The molecule has 0 radical (unpaired) electrons. The van der Waals surface area contributed by atoms with E-state index in [4.69, 9.17) is 11.6 Å². The van der Waals surface area contributed by atoms with E-state index in [1.807, 2.05) is 0 Å². The number of halogens is 3. The van der Waals surface area contributed by atoms with Gasteiger partial charge in [0.2, 0.25) is 0 Å². The highest BCUT2D eigenvalue weighted by atomic mass is 35.5. The van der Waals surface area contributed by atoms with E-state index in [0.29, 0.717) is 10.6 Å². The summed E-state index contributed by atoms with van der Waals surface area (Å²) in [5.74, 6) is 2.04. The second-order valence-electron chi connectivity index (χ2n) is 9.96. The van der Waals surface area contributed by atoms with Gasteiger partial charge in [-0.3, -0.25) is 0 Å². The van der Waals surface area contributed by atoms with Crippen LogP contribution >= 0.6 is 11.6 Å². The molecule has 2 fully saturated rings. The lowest BCUT2D eigenvalue weighted by Crippen LogP contribution is -2.17. The van der Waals surface area contributed by atoms with Crippen molar-refractivity contribution in [1.29, 1.82) is 0 Å². The molecule has 0 aliphatic heterocycles. The molecule has 3 heteroatoms. The Morgan fingerprint density at radius 1 is 0.742 bits per heavy atom. The summed E-state index contributed by atoms with van der Waals surface area (Å²) in [5, 5.41) is 0.562. The lowest BCUT2D eigenvalue weighted by atomic mass is 9.74. The van der Waals surface area contributed by atoms with Crippen LogP contribution in [-0.4, -0.2) is 0 Å². The average Bonchev–Trinajstić information content (AvgIpc) is 2.79. The highest BCUT2D eigenvalue weighted by Crippen LogP contribution is 2.41. The van der Waals surface area contributed by atoms with E-state index in [0.717, 1.165) is 36.2 Å². The van der Waals surface area contributed by atoms with Gasteiger partial charge in [0, 0.05) is 5.02 Å². The van der Waals surface area contributed by atoms with Crippen LogP contribution in [0.25, 0.3) is 11.1 Å². The summed E-state index contributed by atoms with van der Waals surface area (Å²) in [6.07, 6.45) is 14.2. The molecule has 4 rings (SSSR count). The van der Waals surface area contributed by atoms with Crippen molar-refractivity contribution in [2.45, 2.75) is 83.5 Å². The second-order valence-corrected chi connectivity index (χ2v) is 10.4. The molecule has 0 unspecified atom stereocenters. The van der Waals surface area contributed by atoms with Gasteiger partial charge in [0.05, 0.1) is 5.56 Å². The van der Waals surface area contributed by atoms with Crippen LogP contribution in [0.3, 0.4) is 0 Å². The van der Waals surface area contributed by atoms with Crippen molar-refractivity contribution in [3.63, 3.8) is 0 Å². The standard InChI is InChI=1S/C28H35ClF2/c1-2-19-3-5-20(6-4-19)7-8-21-9-11-22(12-10-21)24-17-26(30)28(27(31)18-24)23-13-15-25(29)16-14-23/h13-22H,2-12H2,1H3/t19-,20-,21?,22?. The smallest absolute Gasteiger partial charge is 0.134 e. The van der Waals surface area contributed by atoms with Crippen LogP contribution in [0.2, 0.25) is 5.02 Å². The van der Waals surface area contributed by atoms with E-state index < -0.39 is 11.6 Å². The third-order valence-electron chi connectivity index (χ3n) is 8.04. The molecule has 2 aliphatic rings. The van der Waals surface area contributed by atoms with Crippen molar-refractivity contribution in [2.24, 2.45) is 17.8 Å². The zero-order valence-corrected chi connectivity index (χ0v) is 19.4. The third kappa shape index (κ3) is 5.69. The van der Waals surface area contributed by atoms with E-state index >= 15 is 0 Å². The summed E-state index contributed by atoms with van der Waals surface area (Å²) in [6.45, 7) is 2.33. The first-order valence-electron chi connectivity index (χ1n) is 12.3. The molecule has 0 heterocycles. The van der Waals surface area contributed by atoms with E-state index in [1.165, 1.54) is 57.8 Å². The van der Waals surface area contributed by atoms with Gasteiger partial charge in [-0.15, -0.1) is 0 Å². The van der Waals surface area contributed by atoms with Gasteiger partial charge in [0.25, 0.3) is 0 Å². The largest absolute Gasteiger partial charge is 0.206 e. The zero-order chi connectivity index (χ0) is 21.8. The van der Waals surface area contributed by atoms with E-state index in [1.54, 1.807) is 36.4 Å². The summed E-state index contributed by atoms with van der Waals surface area (Å²) in [6, 6.07) is 9.79. The van der Waals surface area contributed by atoms with Crippen LogP contribution < -0.4 is 0 Å². The topological polar surface area (TPSA) is 0 Å². The lowest BCUT2D eigenvalue weighted by molar-refractivity contribution is 0.227. The molecule has 168 valence electrons. The molecule has 31 heavy (non-hydrogen) atoms. The summed E-state index contributed by atoms with van der Waals surface area (Å²) < 4.78 is 29.7. The van der Waals surface area contributed by atoms with E-state index in [-0.39, 0.29) is 11.5 Å². The maximum absolute atomic E-state index is 14.8. The summed E-state index contributed by atoms with van der Waals surface area (Å²) >= 11 is 5.91. The van der Waals surface area contributed by atoms with Crippen LogP contribution in [0.15, 0.2) is 36.4 Å². The molecular formula is C28H35ClF2. The van der Waals surface area contributed by atoms with Crippen molar-refractivity contribution >= 4 is 11.6 Å². The van der Waals surface area contributed by atoms with Gasteiger partial charge in [-0.2, -0.15) is 0 Å². The van der Waals surface area contributed by atoms with Gasteiger partial charge < -0.3 is 0 Å². The van der Waals surface area contributed by atoms with Crippen LogP contribution in [-0.2, 0) is 0 Å². The predicted octanol–water partition coefficient (Wildman–Crippen LogP) is 9.56. The number of rotatable bonds is 6.